The van der Waals surface area contributed by atoms with Gasteiger partial charge in [0, 0.05) is 19.1 Å². The lowest BCUT2D eigenvalue weighted by atomic mass is 9.73. The molecule has 2 aliphatic rings. The Morgan fingerprint density at radius 2 is 2.00 bits per heavy atom. The van der Waals surface area contributed by atoms with E-state index < -0.39 is 5.60 Å². The molecule has 1 N–H and O–H groups in total. The summed E-state index contributed by atoms with van der Waals surface area (Å²) in [4.78, 5) is 13.9. The maximum Gasteiger partial charge on any atom is 0.410 e. The summed E-state index contributed by atoms with van der Waals surface area (Å²) in [6, 6.07) is 0.702. The fourth-order valence-corrected chi connectivity index (χ4v) is 3.20. The van der Waals surface area contributed by atoms with Gasteiger partial charge in [-0.25, -0.2) is 4.79 Å². The molecule has 122 valence electrons. The van der Waals surface area contributed by atoms with Gasteiger partial charge in [-0.1, -0.05) is 13.8 Å². The molecule has 2 fully saturated rings. The second-order valence-electron chi connectivity index (χ2n) is 8.16. The number of carbonyl (C=O) groups excluding carboxylic acids is 1. The van der Waals surface area contributed by atoms with Gasteiger partial charge in [0.15, 0.2) is 0 Å². The maximum atomic E-state index is 12.0. The first-order chi connectivity index (χ1) is 9.74. The third-order valence-electron chi connectivity index (χ3n) is 4.75. The highest BCUT2D eigenvalue weighted by Crippen LogP contribution is 2.33. The second-order valence-corrected chi connectivity index (χ2v) is 8.16. The number of amides is 1. The largest absolute Gasteiger partial charge is 0.444 e. The Morgan fingerprint density at radius 1 is 1.33 bits per heavy atom. The third-order valence-corrected chi connectivity index (χ3v) is 4.75. The minimum atomic E-state index is -0.398. The molecule has 1 aliphatic carbocycles. The summed E-state index contributed by atoms with van der Waals surface area (Å²) in [5.74, 6) is 2.30. The quantitative estimate of drug-likeness (QED) is 0.865. The first-order valence-electron chi connectivity index (χ1n) is 8.46. The number of rotatable bonds is 4. The van der Waals surface area contributed by atoms with Gasteiger partial charge in [0.05, 0.1) is 0 Å². The number of carbonyl (C=O) groups is 1. The summed E-state index contributed by atoms with van der Waals surface area (Å²) >= 11 is 0. The van der Waals surface area contributed by atoms with Crippen molar-refractivity contribution in [2.75, 3.05) is 19.6 Å². The Labute approximate surface area is 129 Å². The normalized spacial score (nSPS) is 29.6. The van der Waals surface area contributed by atoms with Gasteiger partial charge in [-0.15, -0.1) is 0 Å². The van der Waals surface area contributed by atoms with Crippen LogP contribution in [-0.4, -0.2) is 42.3 Å². The van der Waals surface area contributed by atoms with E-state index in [2.05, 4.69) is 19.2 Å². The summed E-state index contributed by atoms with van der Waals surface area (Å²) in [5, 5.41) is 3.67. The lowest BCUT2D eigenvalue weighted by Gasteiger charge is -2.39. The van der Waals surface area contributed by atoms with E-state index in [-0.39, 0.29) is 6.09 Å². The minimum Gasteiger partial charge on any atom is -0.444 e. The number of hydrogen-bond acceptors (Lipinski definition) is 3. The van der Waals surface area contributed by atoms with Gasteiger partial charge in [0.1, 0.15) is 5.60 Å². The molecule has 1 saturated heterocycles. The molecule has 1 heterocycles. The molecule has 4 heteroatoms. The fourth-order valence-electron chi connectivity index (χ4n) is 3.20. The molecule has 0 radical (unpaired) electrons. The number of likely N-dealkylation sites (tertiary alicyclic amines) is 1. The van der Waals surface area contributed by atoms with Crippen molar-refractivity contribution < 1.29 is 9.53 Å². The average molecular weight is 296 g/mol. The molecule has 1 saturated carbocycles. The highest BCUT2D eigenvalue weighted by atomic mass is 16.6. The summed E-state index contributed by atoms with van der Waals surface area (Å²) in [5.41, 5.74) is -0.398. The van der Waals surface area contributed by atoms with Crippen LogP contribution in [0, 0.1) is 17.8 Å². The van der Waals surface area contributed by atoms with Gasteiger partial charge >= 0.3 is 6.09 Å². The van der Waals surface area contributed by atoms with Crippen molar-refractivity contribution in [1.29, 1.82) is 0 Å². The van der Waals surface area contributed by atoms with Crippen LogP contribution in [0.2, 0.25) is 0 Å². The van der Waals surface area contributed by atoms with Gasteiger partial charge in [0.25, 0.3) is 0 Å². The zero-order chi connectivity index (χ0) is 15.6. The van der Waals surface area contributed by atoms with Gasteiger partial charge in [-0.2, -0.15) is 0 Å². The van der Waals surface area contributed by atoms with E-state index in [1.165, 1.54) is 12.8 Å². The van der Waals surface area contributed by atoms with Gasteiger partial charge in [-0.05, 0) is 64.3 Å². The van der Waals surface area contributed by atoms with Gasteiger partial charge in [-0.3, -0.25) is 0 Å². The minimum absolute atomic E-state index is 0.159. The lowest BCUT2D eigenvalue weighted by Crippen LogP contribution is -2.45. The van der Waals surface area contributed by atoms with Crippen LogP contribution in [0.15, 0.2) is 0 Å². The summed E-state index contributed by atoms with van der Waals surface area (Å²) in [7, 11) is 0. The zero-order valence-corrected chi connectivity index (χ0v) is 14.3. The number of hydrogen-bond donors (Lipinski definition) is 1. The molecular weight excluding hydrogens is 264 g/mol. The molecule has 1 amide bonds. The molecule has 1 atom stereocenters. The van der Waals surface area contributed by atoms with Crippen LogP contribution in [0.5, 0.6) is 0 Å². The molecule has 4 nitrogen and oxygen atoms in total. The van der Waals surface area contributed by atoms with Crippen molar-refractivity contribution in [2.45, 2.75) is 65.5 Å². The zero-order valence-electron chi connectivity index (χ0n) is 14.3. The van der Waals surface area contributed by atoms with Crippen LogP contribution in [0.1, 0.15) is 53.9 Å². The summed E-state index contributed by atoms with van der Waals surface area (Å²) in [6.07, 6.45) is 3.57. The number of nitrogens with zero attached hydrogens (tertiary/aromatic N) is 1. The van der Waals surface area contributed by atoms with E-state index in [4.69, 9.17) is 4.74 Å². The average Bonchev–Trinajstić information content (AvgIpc) is 2.72. The molecule has 0 aromatic carbocycles. The van der Waals surface area contributed by atoms with Gasteiger partial charge < -0.3 is 15.0 Å². The van der Waals surface area contributed by atoms with E-state index in [1.807, 2.05) is 25.7 Å². The Bertz CT molecular complexity index is 356. The molecule has 0 aromatic heterocycles. The van der Waals surface area contributed by atoms with E-state index in [0.717, 1.165) is 37.9 Å². The highest BCUT2D eigenvalue weighted by molar-refractivity contribution is 5.68. The van der Waals surface area contributed by atoms with Crippen molar-refractivity contribution in [3.8, 4) is 0 Å². The molecule has 0 bridgehead atoms. The Morgan fingerprint density at radius 3 is 2.57 bits per heavy atom. The predicted molar refractivity (Wildman–Crippen MR) is 85.3 cm³/mol. The maximum absolute atomic E-state index is 12.0. The Kier molecular flexibility index (Phi) is 5.18. The second kappa shape index (κ2) is 6.55. The molecule has 21 heavy (non-hydrogen) atoms. The summed E-state index contributed by atoms with van der Waals surface area (Å²) < 4.78 is 5.43. The van der Waals surface area contributed by atoms with Crippen LogP contribution in [-0.2, 0) is 4.74 Å². The Balaban J connectivity index is 1.63. The van der Waals surface area contributed by atoms with Crippen LogP contribution in [0.4, 0.5) is 4.79 Å². The van der Waals surface area contributed by atoms with Crippen molar-refractivity contribution in [3.05, 3.63) is 0 Å². The van der Waals surface area contributed by atoms with Crippen LogP contribution < -0.4 is 5.32 Å². The topological polar surface area (TPSA) is 41.6 Å². The molecule has 0 spiro atoms. The van der Waals surface area contributed by atoms with Crippen molar-refractivity contribution in [1.82, 2.24) is 10.2 Å². The molecular formula is C17H32N2O2. The van der Waals surface area contributed by atoms with E-state index in [1.54, 1.807) is 0 Å². The lowest BCUT2D eigenvalue weighted by molar-refractivity contribution is 0.0287. The highest BCUT2D eigenvalue weighted by Gasteiger charge is 2.33. The van der Waals surface area contributed by atoms with Crippen molar-refractivity contribution in [2.24, 2.45) is 17.8 Å². The molecule has 1 unspecified atom stereocenters. The van der Waals surface area contributed by atoms with Crippen molar-refractivity contribution in [3.63, 3.8) is 0 Å². The summed E-state index contributed by atoms with van der Waals surface area (Å²) in [6.45, 7) is 13.1. The SMILES string of the molecule is CC(C)C1CC(NCC2CCN(C(=O)OC(C)(C)C)C2)C1. The Hall–Kier alpha value is -0.770. The third kappa shape index (κ3) is 4.87. The fraction of sp³-hybridized carbons (Fsp3) is 0.941. The van der Waals surface area contributed by atoms with Gasteiger partial charge in [0.2, 0.25) is 0 Å². The van der Waals surface area contributed by atoms with E-state index >= 15 is 0 Å². The van der Waals surface area contributed by atoms with E-state index in [0.29, 0.717) is 12.0 Å². The first kappa shape index (κ1) is 16.6. The van der Waals surface area contributed by atoms with Crippen molar-refractivity contribution >= 4 is 6.09 Å². The van der Waals surface area contributed by atoms with Crippen LogP contribution in [0.3, 0.4) is 0 Å². The molecule has 0 aromatic rings. The first-order valence-corrected chi connectivity index (χ1v) is 8.46. The van der Waals surface area contributed by atoms with Crippen LogP contribution >= 0.6 is 0 Å². The van der Waals surface area contributed by atoms with E-state index in [9.17, 15) is 4.79 Å². The monoisotopic (exact) mass is 296 g/mol. The number of ether oxygens (including phenoxy) is 1. The standard InChI is InChI=1S/C17H32N2O2/c1-12(2)14-8-15(9-14)18-10-13-6-7-19(11-13)16(20)21-17(3,4)5/h12-15,18H,6-11H2,1-5H3. The molecule has 2 rings (SSSR count). The smallest absolute Gasteiger partial charge is 0.410 e. The predicted octanol–water partition coefficient (Wildman–Crippen LogP) is 3.27. The van der Waals surface area contributed by atoms with Crippen LogP contribution in [0.25, 0.3) is 0 Å². The molecule has 1 aliphatic heterocycles. The number of nitrogens with one attached hydrogen (secondary N) is 1.